The van der Waals surface area contributed by atoms with Crippen LogP contribution in [-0.4, -0.2) is 4.98 Å². The molecule has 0 spiro atoms. The first-order valence-corrected chi connectivity index (χ1v) is 7.16. The van der Waals surface area contributed by atoms with Crippen molar-refractivity contribution in [2.75, 3.05) is 0 Å². The van der Waals surface area contributed by atoms with Crippen molar-refractivity contribution in [2.45, 2.75) is 26.2 Å². The average Bonchev–Trinajstić information content (AvgIpc) is 2.97. The molecule has 1 heterocycles. The molecular weight excluding hydrogens is 258 g/mol. The molecule has 0 atom stereocenters. The van der Waals surface area contributed by atoms with Crippen LogP contribution in [0.4, 0.5) is 0 Å². The van der Waals surface area contributed by atoms with Gasteiger partial charge in [0.2, 0.25) is 5.89 Å². The molecule has 0 aliphatic rings. The van der Waals surface area contributed by atoms with Crippen LogP contribution in [0.2, 0.25) is 0 Å². The summed E-state index contributed by atoms with van der Waals surface area (Å²) in [6.07, 6.45) is 1.73. The lowest BCUT2D eigenvalue weighted by Gasteiger charge is -2.19. The molecule has 2 nitrogen and oxygen atoms in total. The second-order valence-electron chi connectivity index (χ2n) is 6.23. The number of hydrogen-bond acceptors (Lipinski definition) is 2. The fourth-order valence-corrected chi connectivity index (χ4v) is 2.26. The minimum atomic E-state index is 0.127. The number of oxazole rings is 1. The third kappa shape index (κ3) is 2.89. The van der Waals surface area contributed by atoms with Crippen LogP contribution < -0.4 is 0 Å². The monoisotopic (exact) mass is 277 g/mol. The highest BCUT2D eigenvalue weighted by molar-refractivity contribution is 5.63. The lowest BCUT2D eigenvalue weighted by molar-refractivity contribution is 0.575. The number of hydrogen-bond donors (Lipinski definition) is 0. The lowest BCUT2D eigenvalue weighted by atomic mass is 9.86. The van der Waals surface area contributed by atoms with Gasteiger partial charge in [-0.05, 0) is 29.2 Å². The smallest absolute Gasteiger partial charge is 0.226 e. The SMILES string of the molecule is CC(C)(C)c1cccc(-c2coc(-c3ccccc3)n2)c1. The van der Waals surface area contributed by atoms with E-state index < -0.39 is 0 Å². The van der Waals surface area contributed by atoms with Gasteiger partial charge in [0.15, 0.2) is 0 Å². The van der Waals surface area contributed by atoms with E-state index in [9.17, 15) is 0 Å². The zero-order valence-corrected chi connectivity index (χ0v) is 12.6. The van der Waals surface area contributed by atoms with Crippen molar-refractivity contribution in [1.82, 2.24) is 4.98 Å². The summed E-state index contributed by atoms with van der Waals surface area (Å²) in [5.41, 5.74) is 4.38. The number of rotatable bonds is 2. The fourth-order valence-electron chi connectivity index (χ4n) is 2.26. The molecule has 0 bridgehead atoms. The maximum absolute atomic E-state index is 5.62. The van der Waals surface area contributed by atoms with Gasteiger partial charge in [0, 0.05) is 11.1 Å². The Labute approximate surface area is 125 Å². The van der Waals surface area contributed by atoms with Crippen molar-refractivity contribution in [1.29, 1.82) is 0 Å². The Hall–Kier alpha value is -2.35. The molecule has 106 valence electrons. The molecule has 0 fully saturated rings. The van der Waals surface area contributed by atoms with Crippen molar-refractivity contribution in [3.63, 3.8) is 0 Å². The van der Waals surface area contributed by atoms with E-state index in [4.69, 9.17) is 4.42 Å². The summed E-state index contributed by atoms with van der Waals surface area (Å²) in [5, 5.41) is 0. The molecule has 0 N–H and O–H groups in total. The highest BCUT2D eigenvalue weighted by atomic mass is 16.3. The molecule has 3 aromatic rings. The fraction of sp³-hybridized carbons (Fsp3) is 0.211. The maximum atomic E-state index is 5.62. The molecule has 21 heavy (non-hydrogen) atoms. The van der Waals surface area contributed by atoms with Crippen LogP contribution in [0.25, 0.3) is 22.7 Å². The Morgan fingerprint density at radius 2 is 1.57 bits per heavy atom. The van der Waals surface area contributed by atoms with E-state index in [0.29, 0.717) is 5.89 Å². The Morgan fingerprint density at radius 1 is 0.857 bits per heavy atom. The van der Waals surface area contributed by atoms with Gasteiger partial charge in [-0.15, -0.1) is 0 Å². The first kappa shape index (κ1) is 13.6. The van der Waals surface area contributed by atoms with E-state index in [1.807, 2.05) is 30.3 Å². The molecule has 3 rings (SSSR count). The first-order valence-electron chi connectivity index (χ1n) is 7.16. The van der Waals surface area contributed by atoms with Crippen molar-refractivity contribution in [2.24, 2.45) is 0 Å². The normalized spacial score (nSPS) is 11.6. The Bertz CT molecular complexity index is 736. The van der Waals surface area contributed by atoms with Crippen molar-refractivity contribution < 1.29 is 4.42 Å². The molecule has 0 aliphatic heterocycles. The topological polar surface area (TPSA) is 26.0 Å². The first-order chi connectivity index (χ1) is 10.0. The molecule has 0 unspecified atom stereocenters. The number of benzene rings is 2. The minimum absolute atomic E-state index is 0.127. The Morgan fingerprint density at radius 3 is 2.29 bits per heavy atom. The quantitative estimate of drug-likeness (QED) is 0.634. The van der Waals surface area contributed by atoms with Gasteiger partial charge in [-0.2, -0.15) is 0 Å². The number of nitrogens with zero attached hydrogens (tertiary/aromatic N) is 1. The van der Waals surface area contributed by atoms with Gasteiger partial charge in [0.1, 0.15) is 12.0 Å². The van der Waals surface area contributed by atoms with Crippen molar-refractivity contribution in [3.8, 4) is 22.7 Å². The van der Waals surface area contributed by atoms with Gasteiger partial charge in [0.05, 0.1) is 0 Å². The Balaban J connectivity index is 1.97. The molecule has 2 aromatic carbocycles. The van der Waals surface area contributed by atoms with Gasteiger partial charge >= 0.3 is 0 Å². The summed E-state index contributed by atoms with van der Waals surface area (Å²) in [7, 11) is 0. The van der Waals surface area contributed by atoms with Crippen molar-refractivity contribution >= 4 is 0 Å². The molecular formula is C19H19NO. The van der Waals surface area contributed by atoms with E-state index in [-0.39, 0.29) is 5.41 Å². The second kappa shape index (κ2) is 5.21. The Kier molecular flexibility index (Phi) is 3.38. The second-order valence-corrected chi connectivity index (χ2v) is 6.23. The lowest BCUT2D eigenvalue weighted by Crippen LogP contribution is -2.10. The van der Waals surface area contributed by atoms with E-state index in [0.717, 1.165) is 16.8 Å². The van der Waals surface area contributed by atoms with Gasteiger partial charge in [0.25, 0.3) is 0 Å². The van der Waals surface area contributed by atoms with E-state index >= 15 is 0 Å². The molecule has 0 aliphatic carbocycles. The van der Waals surface area contributed by atoms with Crippen LogP contribution in [0, 0.1) is 0 Å². The van der Waals surface area contributed by atoms with Gasteiger partial charge < -0.3 is 4.42 Å². The number of aromatic nitrogens is 1. The molecule has 0 saturated heterocycles. The van der Waals surface area contributed by atoms with Gasteiger partial charge in [-0.1, -0.05) is 57.2 Å². The van der Waals surface area contributed by atoms with Crippen LogP contribution in [0.15, 0.2) is 65.3 Å². The van der Waals surface area contributed by atoms with Crippen LogP contribution in [-0.2, 0) is 5.41 Å². The summed E-state index contributed by atoms with van der Waals surface area (Å²) in [5.74, 6) is 0.659. The largest absolute Gasteiger partial charge is 0.444 e. The molecule has 0 amide bonds. The maximum Gasteiger partial charge on any atom is 0.226 e. The standard InChI is InChI=1S/C19H19NO/c1-19(2,3)16-11-7-10-15(12-16)17-13-21-18(20-17)14-8-5-4-6-9-14/h4-13H,1-3H3. The third-order valence-corrected chi connectivity index (χ3v) is 3.55. The van der Waals surface area contributed by atoms with Gasteiger partial charge in [-0.25, -0.2) is 4.98 Å². The zero-order chi connectivity index (χ0) is 14.9. The van der Waals surface area contributed by atoms with E-state index in [1.165, 1.54) is 5.56 Å². The van der Waals surface area contributed by atoms with E-state index in [2.05, 4.69) is 50.0 Å². The summed E-state index contributed by atoms with van der Waals surface area (Å²) >= 11 is 0. The van der Waals surface area contributed by atoms with Crippen LogP contribution in [0.1, 0.15) is 26.3 Å². The third-order valence-electron chi connectivity index (χ3n) is 3.55. The zero-order valence-electron chi connectivity index (χ0n) is 12.6. The molecule has 0 saturated carbocycles. The van der Waals surface area contributed by atoms with Crippen LogP contribution in [0.3, 0.4) is 0 Å². The summed E-state index contributed by atoms with van der Waals surface area (Å²) < 4.78 is 5.62. The summed E-state index contributed by atoms with van der Waals surface area (Å²) in [6, 6.07) is 18.4. The highest BCUT2D eigenvalue weighted by Gasteiger charge is 2.15. The molecule has 2 heteroatoms. The average molecular weight is 277 g/mol. The highest BCUT2D eigenvalue weighted by Crippen LogP contribution is 2.29. The van der Waals surface area contributed by atoms with Crippen LogP contribution in [0.5, 0.6) is 0 Å². The van der Waals surface area contributed by atoms with E-state index in [1.54, 1.807) is 6.26 Å². The predicted molar refractivity (Wildman–Crippen MR) is 86.1 cm³/mol. The van der Waals surface area contributed by atoms with Crippen molar-refractivity contribution in [3.05, 3.63) is 66.4 Å². The minimum Gasteiger partial charge on any atom is -0.444 e. The van der Waals surface area contributed by atoms with Gasteiger partial charge in [-0.3, -0.25) is 0 Å². The molecule has 0 radical (unpaired) electrons. The summed E-state index contributed by atoms with van der Waals surface area (Å²) in [6.45, 7) is 6.64. The summed E-state index contributed by atoms with van der Waals surface area (Å²) in [4.78, 5) is 4.61. The van der Waals surface area contributed by atoms with Crippen LogP contribution >= 0.6 is 0 Å². The molecule has 1 aromatic heterocycles. The predicted octanol–water partition coefficient (Wildman–Crippen LogP) is 5.31.